The van der Waals surface area contributed by atoms with E-state index in [2.05, 4.69) is 39.5 Å². The second kappa shape index (κ2) is 8.24. The topological polar surface area (TPSA) is 55.6 Å². The summed E-state index contributed by atoms with van der Waals surface area (Å²) in [5.41, 5.74) is 0.921. The number of nitrogens with zero attached hydrogens (tertiary/aromatic N) is 1. The van der Waals surface area contributed by atoms with Crippen LogP contribution in [-0.2, 0) is 14.4 Å². The molecule has 5 aliphatic rings. The first-order valence-corrected chi connectivity index (χ1v) is 14.5. The predicted molar refractivity (Wildman–Crippen MR) is 145 cm³/mol. The lowest BCUT2D eigenvalue weighted by Crippen LogP contribution is -2.64. The number of carbonyl (C=O) groups is 3. The summed E-state index contributed by atoms with van der Waals surface area (Å²) in [6.45, 7) is 23.0. The first-order chi connectivity index (χ1) is 17.1. The van der Waals surface area contributed by atoms with Crippen molar-refractivity contribution in [3.63, 3.8) is 0 Å². The summed E-state index contributed by atoms with van der Waals surface area (Å²) in [6, 6.07) is 0. The van der Waals surface area contributed by atoms with Gasteiger partial charge in [0, 0.05) is 23.7 Å². The molecule has 8 atom stereocenters. The monoisotopic (exact) mass is 503 g/mol. The number of ketones is 3. The normalized spacial score (nSPS) is 46.3. The van der Waals surface area contributed by atoms with Crippen LogP contribution in [0, 0.1) is 57.3 Å². The number of rotatable bonds is 3. The molecular formula is C33H45NO3. The van der Waals surface area contributed by atoms with Gasteiger partial charge >= 0.3 is 0 Å². The molecule has 3 saturated carbocycles. The zero-order valence-electron chi connectivity index (χ0n) is 24.0. The van der Waals surface area contributed by atoms with E-state index in [0.29, 0.717) is 12.3 Å². The van der Waals surface area contributed by atoms with Crippen LogP contribution in [-0.4, -0.2) is 17.3 Å². The van der Waals surface area contributed by atoms with Crippen molar-refractivity contribution in [2.75, 3.05) is 0 Å². The van der Waals surface area contributed by atoms with E-state index in [1.807, 2.05) is 19.1 Å². The third-order valence-corrected chi connectivity index (χ3v) is 12.6. The number of Topliss-reactive ketones (excluding diaryl/α,β-unsaturated/α-hetero) is 2. The van der Waals surface area contributed by atoms with E-state index >= 15 is 0 Å². The molecule has 0 spiro atoms. The Hall–Kier alpha value is -2.02. The van der Waals surface area contributed by atoms with Crippen LogP contribution >= 0.6 is 0 Å². The highest BCUT2D eigenvalue weighted by atomic mass is 16.1. The molecule has 4 heteroatoms. The minimum absolute atomic E-state index is 0.0337. The molecule has 0 aromatic rings. The lowest BCUT2D eigenvalue weighted by Gasteiger charge is -2.69. The first-order valence-electron chi connectivity index (χ1n) is 14.5. The molecule has 0 amide bonds. The van der Waals surface area contributed by atoms with Gasteiger partial charge in [0.15, 0.2) is 11.6 Å². The van der Waals surface area contributed by atoms with E-state index in [0.717, 1.165) is 51.4 Å². The van der Waals surface area contributed by atoms with Crippen LogP contribution in [0.5, 0.6) is 0 Å². The Morgan fingerprint density at radius 3 is 2.35 bits per heavy atom. The number of hydrogen-bond donors (Lipinski definition) is 0. The second-order valence-corrected chi connectivity index (χ2v) is 14.9. The van der Waals surface area contributed by atoms with Crippen molar-refractivity contribution < 1.29 is 14.4 Å². The Morgan fingerprint density at radius 1 is 1.03 bits per heavy atom. The fraction of sp³-hybridized carbons (Fsp3) is 0.758. The quantitative estimate of drug-likeness (QED) is 0.374. The molecule has 0 aromatic heterocycles. The summed E-state index contributed by atoms with van der Waals surface area (Å²) >= 11 is 0. The third kappa shape index (κ3) is 3.55. The first kappa shape index (κ1) is 26.6. The number of hydrogen-bond acceptors (Lipinski definition) is 3. The molecule has 0 bridgehead atoms. The summed E-state index contributed by atoms with van der Waals surface area (Å²) < 4.78 is 0. The number of fused-ring (bicyclic) bond motifs is 7. The van der Waals surface area contributed by atoms with Crippen LogP contribution in [0.3, 0.4) is 0 Å². The van der Waals surface area contributed by atoms with Gasteiger partial charge in [0.25, 0.3) is 0 Å². The van der Waals surface area contributed by atoms with Gasteiger partial charge in [-0.2, -0.15) is 0 Å². The van der Waals surface area contributed by atoms with Gasteiger partial charge < -0.3 is 9.59 Å². The molecule has 5 aliphatic carbocycles. The van der Waals surface area contributed by atoms with Crippen molar-refractivity contribution in [1.82, 2.24) is 0 Å². The van der Waals surface area contributed by atoms with Crippen LogP contribution in [0.15, 0.2) is 23.4 Å². The van der Waals surface area contributed by atoms with Crippen molar-refractivity contribution >= 4 is 17.3 Å². The molecule has 0 heterocycles. The fourth-order valence-corrected chi connectivity index (χ4v) is 10.2. The molecule has 200 valence electrons. The number of carbonyl (C=O) groups excluding carboxylic acids is 3. The molecule has 0 aliphatic heterocycles. The summed E-state index contributed by atoms with van der Waals surface area (Å²) in [4.78, 5) is 43.0. The van der Waals surface area contributed by atoms with Crippen molar-refractivity contribution in [3.8, 4) is 0 Å². The van der Waals surface area contributed by atoms with Crippen LogP contribution < -0.4 is 0 Å². The van der Waals surface area contributed by atoms with Crippen molar-refractivity contribution in [2.24, 2.45) is 50.7 Å². The highest BCUT2D eigenvalue weighted by Gasteiger charge is 2.68. The van der Waals surface area contributed by atoms with E-state index in [-0.39, 0.29) is 62.5 Å². The van der Waals surface area contributed by atoms with Gasteiger partial charge in [0.2, 0.25) is 5.70 Å². The second-order valence-electron chi connectivity index (χ2n) is 14.9. The average Bonchev–Trinajstić information content (AvgIpc) is 2.82. The predicted octanol–water partition coefficient (Wildman–Crippen LogP) is 7.54. The molecule has 4 nitrogen and oxygen atoms in total. The molecule has 3 fully saturated rings. The smallest absolute Gasteiger partial charge is 0.226 e. The van der Waals surface area contributed by atoms with Gasteiger partial charge in [0.05, 0.1) is 6.57 Å². The number of allylic oxidation sites excluding steroid dienone is 4. The summed E-state index contributed by atoms with van der Waals surface area (Å²) in [5.74, 6) is 0.667. The standard InChI is InChI=1S/C33H45NO3/c1-20(35)9-12-33-15-13-29(3,4)18-23(33)27-25(36)17-26-30(5)19-24(34-8)28(37)21(2)22(30)10-11-31(26,6)32(27,7)14-16-33/h17,19,21-23,27H,9-16,18H2,1-7H3/t21-,22-,23-,27-,30-,31+,32+,33+/m0/s1. The van der Waals surface area contributed by atoms with E-state index in [4.69, 9.17) is 6.57 Å². The van der Waals surface area contributed by atoms with Crippen LogP contribution in [0.25, 0.3) is 4.85 Å². The van der Waals surface area contributed by atoms with Crippen molar-refractivity contribution in [3.05, 3.63) is 34.8 Å². The SMILES string of the molecule is [C-]#[N+]C1=C[C@]2(C)C3=CC(=O)[C@@H]4[C@@H]5CC(C)(C)CC[C@]5(CCC(C)=O)CC[C@@]4(C)[C@]3(C)CC[C@H]2[C@H](C)C1=O. The van der Waals surface area contributed by atoms with Crippen molar-refractivity contribution in [1.29, 1.82) is 0 Å². The fourth-order valence-electron chi connectivity index (χ4n) is 10.2. The van der Waals surface area contributed by atoms with Gasteiger partial charge in [0.1, 0.15) is 5.78 Å². The summed E-state index contributed by atoms with van der Waals surface area (Å²) in [6.07, 6.45) is 12.8. The zero-order chi connectivity index (χ0) is 27.2. The lowest BCUT2D eigenvalue weighted by molar-refractivity contribution is -0.171. The minimum Gasteiger partial charge on any atom is -0.308 e. The minimum atomic E-state index is -0.446. The molecule has 37 heavy (non-hydrogen) atoms. The van der Waals surface area contributed by atoms with Gasteiger partial charge in [-0.3, -0.25) is 4.79 Å². The molecule has 0 N–H and O–H groups in total. The Labute approximate surface area is 223 Å². The Morgan fingerprint density at radius 2 is 1.70 bits per heavy atom. The van der Waals surface area contributed by atoms with Crippen LogP contribution in [0.1, 0.15) is 106 Å². The molecule has 5 rings (SSSR count). The molecule has 0 unspecified atom stereocenters. The summed E-state index contributed by atoms with van der Waals surface area (Å²) in [7, 11) is 0. The zero-order valence-corrected chi connectivity index (χ0v) is 24.0. The van der Waals surface area contributed by atoms with Gasteiger partial charge in [-0.15, -0.1) is 0 Å². The highest BCUT2D eigenvalue weighted by Crippen LogP contribution is 2.74. The van der Waals surface area contributed by atoms with Gasteiger partial charge in [-0.05, 0) is 97.9 Å². The van der Waals surface area contributed by atoms with E-state index in [1.54, 1.807) is 6.92 Å². The van der Waals surface area contributed by atoms with E-state index in [1.165, 1.54) is 5.57 Å². The highest BCUT2D eigenvalue weighted by molar-refractivity contribution is 6.01. The van der Waals surface area contributed by atoms with Crippen LogP contribution in [0.2, 0.25) is 0 Å². The largest absolute Gasteiger partial charge is 0.308 e. The van der Waals surface area contributed by atoms with Gasteiger partial charge in [-0.1, -0.05) is 53.2 Å². The maximum atomic E-state index is 14.4. The van der Waals surface area contributed by atoms with Crippen LogP contribution in [0.4, 0.5) is 0 Å². The summed E-state index contributed by atoms with van der Waals surface area (Å²) in [5, 5.41) is 0. The van der Waals surface area contributed by atoms with E-state index < -0.39 is 5.41 Å². The Balaban J connectivity index is 1.65. The third-order valence-electron chi connectivity index (χ3n) is 12.6. The average molecular weight is 504 g/mol. The van der Waals surface area contributed by atoms with Crippen molar-refractivity contribution in [2.45, 2.75) is 106 Å². The molecule has 0 aromatic carbocycles. The lowest BCUT2D eigenvalue weighted by atomic mass is 9.34. The Bertz CT molecular complexity index is 1170. The molecule has 0 radical (unpaired) electrons. The van der Waals surface area contributed by atoms with Gasteiger partial charge in [-0.25, -0.2) is 4.85 Å². The maximum absolute atomic E-state index is 14.4. The van der Waals surface area contributed by atoms with E-state index in [9.17, 15) is 14.4 Å². The molecular weight excluding hydrogens is 458 g/mol. The maximum Gasteiger partial charge on any atom is 0.226 e. The molecule has 0 saturated heterocycles. The Kier molecular flexibility index (Phi) is 5.92.